The summed E-state index contributed by atoms with van der Waals surface area (Å²) in [5.74, 6) is -0.246. The summed E-state index contributed by atoms with van der Waals surface area (Å²) in [6.07, 6.45) is 4.74. The molecule has 0 spiro atoms. The van der Waals surface area contributed by atoms with E-state index in [1.807, 2.05) is 0 Å². The third kappa shape index (κ3) is 1.50. The Morgan fingerprint density at radius 1 is 1.67 bits per heavy atom. The molecule has 2 rings (SSSR count). The van der Waals surface area contributed by atoms with Crippen LogP contribution in [-0.2, 0) is 4.74 Å². The lowest BCUT2D eigenvalue weighted by Gasteiger charge is -1.98. The zero-order valence-corrected chi connectivity index (χ0v) is 8.17. The molecule has 0 aromatic carbocycles. The van der Waals surface area contributed by atoms with Crippen molar-refractivity contribution < 1.29 is 9.53 Å². The maximum Gasteiger partial charge on any atom is 0.360 e. The van der Waals surface area contributed by atoms with Crippen molar-refractivity contribution >= 4 is 17.4 Å². The molecule has 0 aliphatic heterocycles. The third-order valence-corrected chi connectivity index (χ3v) is 1.94. The van der Waals surface area contributed by atoms with Crippen molar-refractivity contribution in [1.29, 1.82) is 0 Å². The van der Waals surface area contributed by atoms with Gasteiger partial charge in [-0.1, -0.05) is 0 Å². The van der Waals surface area contributed by atoms with E-state index in [2.05, 4.69) is 9.97 Å². The van der Waals surface area contributed by atoms with Crippen molar-refractivity contribution in [1.82, 2.24) is 14.4 Å². The molecule has 2 aromatic heterocycles. The van der Waals surface area contributed by atoms with Gasteiger partial charge >= 0.3 is 5.97 Å². The highest BCUT2D eigenvalue weighted by atomic mass is 16.5. The van der Waals surface area contributed by atoms with Crippen LogP contribution in [0.1, 0.15) is 17.4 Å². The molecule has 0 aliphatic carbocycles. The van der Waals surface area contributed by atoms with Gasteiger partial charge in [0, 0.05) is 12.4 Å². The Kier molecular flexibility index (Phi) is 2.24. The fourth-order valence-electron chi connectivity index (χ4n) is 1.28. The highest BCUT2D eigenvalue weighted by Gasteiger charge is 2.17. The number of ether oxygens (including phenoxy) is 1. The van der Waals surface area contributed by atoms with Crippen LogP contribution in [0.15, 0.2) is 18.6 Å². The number of nitrogens with two attached hydrogens (primary N) is 1. The number of aromatic nitrogens is 3. The third-order valence-electron chi connectivity index (χ3n) is 1.94. The largest absolute Gasteiger partial charge is 0.461 e. The van der Waals surface area contributed by atoms with Crippen LogP contribution in [0, 0.1) is 0 Å². The zero-order valence-electron chi connectivity index (χ0n) is 8.17. The van der Waals surface area contributed by atoms with E-state index >= 15 is 0 Å². The number of hydrogen-bond acceptors (Lipinski definition) is 5. The standard InChI is InChI=1S/C9H10N4O2/c1-2-15-9(14)7-8(10)13-4-3-11-5-6(13)12-7/h3-5H,2,10H2,1H3. The number of nitrogens with zero attached hydrogens (tertiary/aromatic N) is 3. The van der Waals surface area contributed by atoms with E-state index in [1.54, 1.807) is 23.7 Å². The van der Waals surface area contributed by atoms with Gasteiger partial charge < -0.3 is 10.5 Å². The molecule has 78 valence electrons. The average molecular weight is 206 g/mol. The summed E-state index contributed by atoms with van der Waals surface area (Å²) in [5, 5.41) is 0. The van der Waals surface area contributed by atoms with Crippen LogP contribution in [0.2, 0.25) is 0 Å². The van der Waals surface area contributed by atoms with E-state index in [0.29, 0.717) is 12.3 Å². The Morgan fingerprint density at radius 3 is 3.13 bits per heavy atom. The second kappa shape index (κ2) is 3.56. The van der Waals surface area contributed by atoms with E-state index in [1.165, 1.54) is 6.20 Å². The summed E-state index contributed by atoms with van der Waals surface area (Å²) < 4.78 is 6.41. The number of hydrogen-bond donors (Lipinski definition) is 1. The Hall–Kier alpha value is -2.11. The minimum atomic E-state index is -0.515. The monoisotopic (exact) mass is 206 g/mol. The smallest absolute Gasteiger partial charge is 0.360 e. The van der Waals surface area contributed by atoms with Crippen LogP contribution in [0.3, 0.4) is 0 Å². The summed E-state index contributed by atoms with van der Waals surface area (Å²) in [6.45, 7) is 2.02. The van der Waals surface area contributed by atoms with Crippen LogP contribution in [0.4, 0.5) is 5.82 Å². The topological polar surface area (TPSA) is 82.5 Å². The molecule has 15 heavy (non-hydrogen) atoms. The molecule has 2 N–H and O–H groups in total. The van der Waals surface area contributed by atoms with Gasteiger partial charge in [-0.25, -0.2) is 9.78 Å². The number of carbonyl (C=O) groups is 1. The highest BCUT2D eigenvalue weighted by Crippen LogP contribution is 2.14. The van der Waals surface area contributed by atoms with Crippen molar-refractivity contribution in [3.8, 4) is 0 Å². The lowest BCUT2D eigenvalue weighted by Crippen LogP contribution is -2.08. The first-order valence-electron chi connectivity index (χ1n) is 4.48. The highest BCUT2D eigenvalue weighted by molar-refractivity contribution is 5.93. The number of imidazole rings is 1. The molecule has 0 fully saturated rings. The molecule has 0 unspecified atom stereocenters. The van der Waals surface area contributed by atoms with Crippen LogP contribution >= 0.6 is 0 Å². The molecule has 0 bridgehead atoms. The van der Waals surface area contributed by atoms with E-state index < -0.39 is 5.97 Å². The Bertz CT molecular complexity index is 506. The maximum atomic E-state index is 11.4. The van der Waals surface area contributed by atoms with E-state index in [-0.39, 0.29) is 11.5 Å². The molecular formula is C9H10N4O2. The Balaban J connectivity index is 2.53. The van der Waals surface area contributed by atoms with Gasteiger partial charge in [0.25, 0.3) is 0 Å². The molecule has 0 saturated heterocycles. The number of fused-ring (bicyclic) bond motifs is 1. The molecule has 0 aliphatic rings. The predicted octanol–water partition coefficient (Wildman–Crippen LogP) is 0.488. The molecule has 0 amide bonds. The number of esters is 1. The lowest BCUT2D eigenvalue weighted by molar-refractivity contribution is 0.0521. The van der Waals surface area contributed by atoms with Gasteiger partial charge in [0.1, 0.15) is 5.82 Å². The SMILES string of the molecule is CCOC(=O)c1nc2cnccn2c1N. The molecule has 2 aromatic rings. The van der Waals surface area contributed by atoms with Crippen LogP contribution in [0.25, 0.3) is 5.65 Å². The molecule has 2 heterocycles. The van der Waals surface area contributed by atoms with Gasteiger partial charge in [-0.15, -0.1) is 0 Å². The normalized spacial score (nSPS) is 10.5. The molecule has 0 saturated carbocycles. The maximum absolute atomic E-state index is 11.4. The van der Waals surface area contributed by atoms with Gasteiger partial charge in [0.15, 0.2) is 11.3 Å². The number of rotatable bonds is 2. The van der Waals surface area contributed by atoms with Crippen molar-refractivity contribution in [3.63, 3.8) is 0 Å². The van der Waals surface area contributed by atoms with Gasteiger partial charge in [-0.05, 0) is 6.92 Å². The van der Waals surface area contributed by atoms with Crippen molar-refractivity contribution in [2.24, 2.45) is 0 Å². The van der Waals surface area contributed by atoms with Gasteiger partial charge in [0.05, 0.1) is 12.8 Å². The lowest BCUT2D eigenvalue weighted by atomic mass is 10.4. The van der Waals surface area contributed by atoms with E-state index in [4.69, 9.17) is 10.5 Å². The van der Waals surface area contributed by atoms with E-state index in [0.717, 1.165) is 0 Å². The first-order valence-corrected chi connectivity index (χ1v) is 4.48. The van der Waals surface area contributed by atoms with Crippen molar-refractivity contribution in [3.05, 3.63) is 24.3 Å². The van der Waals surface area contributed by atoms with Crippen LogP contribution in [0.5, 0.6) is 0 Å². The van der Waals surface area contributed by atoms with Gasteiger partial charge in [0.2, 0.25) is 0 Å². The summed E-state index contributed by atoms with van der Waals surface area (Å²) >= 11 is 0. The van der Waals surface area contributed by atoms with Crippen molar-refractivity contribution in [2.75, 3.05) is 12.3 Å². The molecule has 6 heteroatoms. The minimum Gasteiger partial charge on any atom is -0.461 e. The van der Waals surface area contributed by atoms with Crippen molar-refractivity contribution in [2.45, 2.75) is 6.92 Å². The predicted molar refractivity (Wildman–Crippen MR) is 53.4 cm³/mol. The summed E-state index contributed by atoms with van der Waals surface area (Å²) in [7, 11) is 0. The van der Waals surface area contributed by atoms with Gasteiger partial charge in [-0.3, -0.25) is 9.38 Å². The molecule has 0 atom stereocenters. The molecular weight excluding hydrogens is 196 g/mol. The van der Waals surface area contributed by atoms with Crippen LogP contribution < -0.4 is 5.73 Å². The average Bonchev–Trinajstić information content (AvgIpc) is 2.57. The summed E-state index contributed by atoms with van der Waals surface area (Å²) in [6, 6.07) is 0. The fourth-order valence-corrected chi connectivity index (χ4v) is 1.28. The quantitative estimate of drug-likeness (QED) is 0.723. The molecule has 0 radical (unpaired) electrons. The fraction of sp³-hybridized carbons (Fsp3) is 0.222. The Labute approximate surface area is 85.7 Å². The zero-order chi connectivity index (χ0) is 10.8. The summed E-state index contributed by atoms with van der Waals surface area (Å²) in [4.78, 5) is 19.4. The first kappa shape index (κ1) is 9.45. The van der Waals surface area contributed by atoms with E-state index in [9.17, 15) is 4.79 Å². The number of nitrogen functional groups attached to an aromatic ring is 1. The Morgan fingerprint density at radius 2 is 2.47 bits per heavy atom. The molecule has 6 nitrogen and oxygen atoms in total. The number of carbonyl (C=O) groups excluding carboxylic acids is 1. The first-order chi connectivity index (χ1) is 7.24. The second-order valence-electron chi connectivity index (χ2n) is 2.87. The second-order valence-corrected chi connectivity index (χ2v) is 2.87. The van der Waals surface area contributed by atoms with Crippen LogP contribution in [-0.4, -0.2) is 26.9 Å². The minimum absolute atomic E-state index is 0.129. The number of anilines is 1. The van der Waals surface area contributed by atoms with Gasteiger partial charge in [-0.2, -0.15) is 0 Å². The summed E-state index contributed by atoms with van der Waals surface area (Å²) in [5.41, 5.74) is 6.40.